The molecule has 6 heteroatoms. The zero-order valence-electron chi connectivity index (χ0n) is 16.0. The molecule has 3 aromatic rings. The van der Waals surface area contributed by atoms with Gasteiger partial charge in [-0.3, -0.25) is 9.59 Å². The molecule has 1 aliphatic rings. The number of morpholine rings is 1. The molecular weight excluding hydrogens is 356 g/mol. The summed E-state index contributed by atoms with van der Waals surface area (Å²) >= 11 is 0. The smallest absolute Gasteiger partial charge is 0.291 e. The molecule has 0 saturated carbocycles. The van der Waals surface area contributed by atoms with Gasteiger partial charge in [-0.05, 0) is 37.6 Å². The van der Waals surface area contributed by atoms with Crippen LogP contribution in [0.5, 0.6) is 0 Å². The van der Waals surface area contributed by atoms with Gasteiger partial charge in [0.15, 0.2) is 0 Å². The number of carbonyl (C=O) groups is 2. The quantitative estimate of drug-likeness (QED) is 0.753. The Kier molecular flexibility index (Phi) is 4.88. The maximum absolute atomic E-state index is 13.0. The van der Waals surface area contributed by atoms with Crippen LogP contribution < -0.4 is 5.32 Å². The molecule has 1 N–H and O–H groups in total. The molecule has 0 radical (unpaired) electrons. The first-order valence-corrected chi connectivity index (χ1v) is 9.32. The lowest BCUT2D eigenvalue weighted by atomic mass is 10.0. The molecule has 6 nitrogen and oxygen atoms in total. The summed E-state index contributed by atoms with van der Waals surface area (Å²) in [4.78, 5) is 27.7. The van der Waals surface area contributed by atoms with Crippen molar-refractivity contribution in [2.45, 2.75) is 13.8 Å². The SMILES string of the molecule is Cc1ccc(C(=O)Nc2c(C(=O)N3CCOCC3)oc3ccccc23)c(C)c1. The number of furan rings is 1. The van der Waals surface area contributed by atoms with E-state index in [1.54, 1.807) is 17.0 Å². The van der Waals surface area contributed by atoms with E-state index in [0.717, 1.165) is 11.1 Å². The Morgan fingerprint density at radius 1 is 1.04 bits per heavy atom. The fourth-order valence-corrected chi connectivity index (χ4v) is 3.48. The molecule has 2 heterocycles. The summed E-state index contributed by atoms with van der Waals surface area (Å²) in [7, 11) is 0. The number of rotatable bonds is 3. The second kappa shape index (κ2) is 7.48. The van der Waals surface area contributed by atoms with Gasteiger partial charge in [0.05, 0.1) is 13.2 Å². The monoisotopic (exact) mass is 378 g/mol. The minimum Gasteiger partial charge on any atom is -0.449 e. The van der Waals surface area contributed by atoms with E-state index in [9.17, 15) is 9.59 Å². The van der Waals surface area contributed by atoms with Gasteiger partial charge >= 0.3 is 0 Å². The molecule has 1 aliphatic heterocycles. The third kappa shape index (κ3) is 3.39. The maximum Gasteiger partial charge on any atom is 0.291 e. The number of para-hydroxylation sites is 1. The van der Waals surface area contributed by atoms with Gasteiger partial charge in [0.1, 0.15) is 11.3 Å². The van der Waals surface area contributed by atoms with Crippen LogP contribution in [0.3, 0.4) is 0 Å². The highest BCUT2D eigenvalue weighted by Gasteiger charge is 2.27. The lowest BCUT2D eigenvalue weighted by Crippen LogP contribution is -2.40. The van der Waals surface area contributed by atoms with Crippen molar-refractivity contribution in [1.29, 1.82) is 0 Å². The Labute approximate surface area is 163 Å². The lowest BCUT2D eigenvalue weighted by Gasteiger charge is -2.26. The van der Waals surface area contributed by atoms with Crippen LogP contribution in [0.15, 0.2) is 46.9 Å². The number of benzene rings is 2. The van der Waals surface area contributed by atoms with Crippen molar-refractivity contribution in [1.82, 2.24) is 4.90 Å². The summed E-state index contributed by atoms with van der Waals surface area (Å²) in [5.74, 6) is -0.350. The van der Waals surface area contributed by atoms with E-state index in [-0.39, 0.29) is 17.6 Å². The number of anilines is 1. The number of nitrogens with one attached hydrogen (secondary N) is 1. The molecule has 1 fully saturated rings. The number of hydrogen-bond acceptors (Lipinski definition) is 4. The summed E-state index contributed by atoms with van der Waals surface area (Å²) in [5, 5.41) is 3.62. The summed E-state index contributed by atoms with van der Waals surface area (Å²) in [5.41, 5.74) is 3.52. The summed E-state index contributed by atoms with van der Waals surface area (Å²) in [6.07, 6.45) is 0. The number of aryl methyl sites for hydroxylation is 2. The van der Waals surface area contributed by atoms with Crippen LogP contribution in [0.2, 0.25) is 0 Å². The first-order valence-electron chi connectivity index (χ1n) is 9.32. The average Bonchev–Trinajstić information content (AvgIpc) is 3.06. The van der Waals surface area contributed by atoms with Crippen molar-refractivity contribution in [3.63, 3.8) is 0 Å². The minimum atomic E-state index is -0.264. The maximum atomic E-state index is 13.0. The van der Waals surface area contributed by atoms with E-state index < -0.39 is 0 Å². The minimum absolute atomic E-state index is 0.154. The van der Waals surface area contributed by atoms with E-state index in [2.05, 4.69) is 5.32 Å². The van der Waals surface area contributed by atoms with Gasteiger partial charge in [0.25, 0.3) is 11.8 Å². The van der Waals surface area contributed by atoms with Crippen LogP contribution >= 0.6 is 0 Å². The molecule has 144 valence electrons. The molecule has 0 bridgehead atoms. The van der Waals surface area contributed by atoms with E-state index in [4.69, 9.17) is 9.15 Å². The largest absolute Gasteiger partial charge is 0.449 e. The van der Waals surface area contributed by atoms with Crippen molar-refractivity contribution in [2.75, 3.05) is 31.6 Å². The van der Waals surface area contributed by atoms with Crippen LogP contribution in [-0.2, 0) is 4.74 Å². The molecule has 2 aromatic carbocycles. The Morgan fingerprint density at radius 3 is 2.54 bits per heavy atom. The van der Waals surface area contributed by atoms with E-state index in [1.807, 2.05) is 44.2 Å². The highest BCUT2D eigenvalue weighted by atomic mass is 16.5. The average molecular weight is 378 g/mol. The van der Waals surface area contributed by atoms with E-state index in [0.29, 0.717) is 48.5 Å². The van der Waals surface area contributed by atoms with Gasteiger partial charge in [0, 0.05) is 24.0 Å². The van der Waals surface area contributed by atoms with Gasteiger partial charge in [-0.15, -0.1) is 0 Å². The molecule has 0 atom stereocenters. The first kappa shape index (κ1) is 18.3. The van der Waals surface area contributed by atoms with Crippen molar-refractivity contribution < 1.29 is 18.7 Å². The summed E-state index contributed by atoms with van der Waals surface area (Å²) in [6, 6.07) is 13.0. The standard InChI is InChI=1S/C22H22N2O4/c1-14-7-8-16(15(2)13-14)21(25)23-19-17-5-3-4-6-18(17)28-20(19)22(26)24-9-11-27-12-10-24/h3-8,13H,9-12H2,1-2H3,(H,23,25). The third-order valence-corrected chi connectivity index (χ3v) is 4.95. The summed E-state index contributed by atoms with van der Waals surface area (Å²) in [6.45, 7) is 5.87. The van der Waals surface area contributed by atoms with Crippen LogP contribution in [0, 0.1) is 13.8 Å². The van der Waals surface area contributed by atoms with Gasteiger partial charge in [0.2, 0.25) is 5.76 Å². The van der Waals surface area contributed by atoms with Crippen LogP contribution in [0.25, 0.3) is 11.0 Å². The zero-order chi connectivity index (χ0) is 19.7. The van der Waals surface area contributed by atoms with Gasteiger partial charge in [-0.1, -0.05) is 29.8 Å². The fourth-order valence-electron chi connectivity index (χ4n) is 3.48. The Balaban J connectivity index is 1.72. The normalized spacial score (nSPS) is 14.3. The number of nitrogens with zero attached hydrogens (tertiary/aromatic N) is 1. The fraction of sp³-hybridized carbons (Fsp3) is 0.273. The highest BCUT2D eigenvalue weighted by molar-refractivity contribution is 6.14. The number of carbonyl (C=O) groups excluding carboxylic acids is 2. The van der Waals surface area contributed by atoms with Crippen molar-refractivity contribution >= 4 is 28.5 Å². The lowest BCUT2D eigenvalue weighted by molar-refractivity contribution is 0.0285. The molecule has 0 aliphatic carbocycles. The molecule has 1 saturated heterocycles. The van der Waals surface area contributed by atoms with Crippen molar-refractivity contribution in [2.24, 2.45) is 0 Å². The molecule has 1 aromatic heterocycles. The Bertz CT molecular complexity index is 1050. The van der Waals surface area contributed by atoms with E-state index in [1.165, 1.54) is 0 Å². The molecule has 0 unspecified atom stereocenters. The predicted octanol–water partition coefficient (Wildman–Crippen LogP) is 3.77. The number of ether oxygens (including phenoxy) is 1. The number of fused-ring (bicyclic) bond motifs is 1. The molecule has 2 amide bonds. The first-order chi connectivity index (χ1) is 13.5. The van der Waals surface area contributed by atoms with Gasteiger partial charge in [-0.2, -0.15) is 0 Å². The third-order valence-electron chi connectivity index (χ3n) is 4.95. The summed E-state index contributed by atoms with van der Waals surface area (Å²) < 4.78 is 11.2. The molecule has 0 spiro atoms. The Hall–Kier alpha value is -3.12. The topological polar surface area (TPSA) is 71.8 Å². The van der Waals surface area contributed by atoms with Crippen LogP contribution in [0.4, 0.5) is 5.69 Å². The zero-order valence-corrected chi connectivity index (χ0v) is 16.0. The Morgan fingerprint density at radius 2 is 1.79 bits per heavy atom. The molecule has 4 rings (SSSR count). The molecule has 28 heavy (non-hydrogen) atoms. The van der Waals surface area contributed by atoms with Crippen LogP contribution in [0.1, 0.15) is 32.0 Å². The highest BCUT2D eigenvalue weighted by Crippen LogP contribution is 2.32. The second-order valence-electron chi connectivity index (χ2n) is 6.98. The van der Waals surface area contributed by atoms with Crippen LogP contribution in [-0.4, -0.2) is 43.0 Å². The second-order valence-corrected chi connectivity index (χ2v) is 6.98. The molecular formula is C22H22N2O4. The van der Waals surface area contributed by atoms with Gasteiger partial charge in [-0.25, -0.2) is 0 Å². The predicted molar refractivity (Wildman–Crippen MR) is 107 cm³/mol. The number of hydrogen-bond donors (Lipinski definition) is 1. The van der Waals surface area contributed by atoms with E-state index >= 15 is 0 Å². The van der Waals surface area contributed by atoms with Crippen molar-refractivity contribution in [3.8, 4) is 0 Å². The number of amides is 2. The van der Waals surface area contributed by atoms with Gasteiger partial charge < -0.3 is 19.4 Å². The van der Waals surface area contributed by atoms with Crippen molar-refractivity contribution in [3.05, 3.63) is 64.9 Å².